The van der Waals surface area contributed by atoms with E-state index in [0.29, 0.717) is 4.47 Å². The Morgan fingerprint density at radius 1 is 1.12 bits per heavy atom. The molecule has 0 aliphatic rings. The molecule has 0 nitrogen and oxygen atoms in total. The molecule has 16 heavy (non-hydrogen) atoms. The maximum atomic E-state index is 13.4. The summed E-state index contributed by atoms with van der Waals surface area (Å²) in [5.41, 5.74) is 0.906. The van der Waals surface area contributed by atoms with Crippen LogP contribution in [0.4, 0.5) is 4.39 Å². The maximum Gasteiger partial charge on any atom is 0.137 e. The van der Waals surface area contributed by atoms with E-state index < -0.39 is 0 Å². The fraction of sp³-hybridized carbons (Fsp3) is 0.0909. The summed E-state index contributed by atoms with van der Waals surface area (Å²) in [5.74, 6) is -0.241. The van der Waals surface area contributed by atoms with Crippen molar-refractivity contribution in [2.75, 3.05) is 0 Å². The highest BCUT2D eigenvalue weighted by Gasteiger charge is 2.16. The van der Waals surface area contributed by atoms with Gasteiger partial charge in [-0.05, 0) is 61.0 Å². The normalized spacial score (nSPS) is 12.8. The average molecular weight is 429 g/mol. The van der Waals surface area contributed by atoms with E-state index in [1.54, 1.807) is 17.4 Å². The summed E-state index contributed by atoms with van der Waals surface area (Å²) >= 11 is 11.8. The van der Waals surface area contributed by atoms with Crippen molar-refractivity contribution in [3.8, 4) is 0 Å². The van der Waals surface area contributed by atoms with Gasteiger partial charge >= 0.3 is 0 Å². The van der Waals surface area contributed by atoms with Crippen LogP contribution < -0.4 is 0 Å². The first-order valence-corrected chi connectivity index (χ1v) is 7.79. The largest absolute Gasteiger partial charge is 0.206 e. The lowest BCUT2D eigenvalue weighted by molar-refractivity contribution is 0.619. The SMILES string of the molecule is Fc1cc(C(Br)c2sccc2Br)ccc1Br. The Bertz CT molecular complexity index is 510. The Balaban J connectivity index is 2.38. The van der Waals surface area contributed by atoms with E-state index in [1.807, 2.05) is 17.5 Å². The lowest BCUT2D eigenvalue weighted by atomic mass is 10.1. The predicted octanol–water partition coefficient (Wildman–Crippen LogP) is 5.90. The van der Waals surface area contributed by atoms with Gasteiger partial charge in [-0.1, -0.05) is 22.0 Å². The summed E-state index contributed by atoms with van der Waals surface area (Å²) in [6.07, 6.45) is 0. The molecule has 84 valence electrons. The van der Waals surface area contributed by atoms with Gasteiger partial charge in [-0.2, -0.15) is 0 Å². The molecule has 0 spiro atoms. The van der Waals surface area contributed by atoms with Crippen LogP contribution in [0.1, 0.15) is 15.3 Å². The van der Waals surface area contributed by atoms with Crippen molar-refractivity contribution in [1.82, 2.24) is 0 Å². The van der Waals surface area contributed by atoms with Crippen LogP contribution in [-0.4, -0.2) is 0 Å². The van der Waals surface area contributed by atoms with Gasteiger partial charge in [0.25, 0.3) is 0 Å². The van der Waals surface area contributed by atoms with Crippen LogP contribution in [0, 0.1) is 5.82 Å². The first kappa shape index (κ1) is 12.7. The second kappa shape index (κ2) is 5.29. The van der Waals surface area contributed by atoms with Gasteiger partial charge in [0.15, 0.2) is 0 Å². The Hall–Kier alpha value is 0.290. The Morgan fingerprint density at radius 2 is 1.88 bits per heavy atom. The molecular formula is C11H6Br3FS. The quantitative estimate of drug-likeness (QED) is 0.522. The fourth-order valence-corrected chi connectivity index (χ4v) is 4.32. The molecule has 0 aliphatic heterocycles. The van der Waals surface area contributed by atoms with Crippen molar-refractivity contribution in [2.24, 2.45) is 0 Å². The summed E-state index contributed by atoms with van der Waals surface area (Å²) in [6, 6.07) is 7.15. The van der Waals surface area contributed by atoms with Crippen molar-refractivity contribution < 1.29 is 4.39 Å². The topological polar surface area (TPSA) is 0 Å². The zero-order valence-corrected chi connectivity index (χ0v) is 13.5. The van der Waals surface area contributed by atoms with Crippen LogP contribution in [0.25, 0.3) is 0 Å². The Labute approximate surface area is 122 Å². The van der Waals surface area contributed by atoms with E-state index in [0.717, 1.165) is 14.9 Å². The third-order valence-corrected chi connectivity index (χ3v) is 5.98. The molecule has 0 saturated carbocycles. The molecule has 0 aliphatic carbocycles. The van der Waals surface area contributed by atoms with Gasteiger partial charge < -0.3 is 0 Å². The highest BCUT2D eigenvalue weighted by Crippen LogP contribution is 2.39. The highest BCUT2D eigenvalue weighted by molar-refractivity contribution is 9.11. The molecule has 1 heterocycles. The van der Waals surface area contributed by atoms with E-state index in [4.69, 9.17) is 0 Å². The molecule has 1 unspecified atom stereocenters. The minimum atomic E-state index is -0.241. The molecular weight excluding hydrogens is 423 g/mol. The van der Waals surface area contributed by atoms with E-state index >= 15 is 0 Å². The monoisotopic (exact) mass is 426 g/mol. The molecule has 0 bridgehead atoms. The van der Waals surface area contributed by atoms with Gasteiger partial charge in [0.2, 0.25) is 0 Å². The van der Waals surface area contributed by atoms with Gasteiger partial charge in [0.05, 0.1) is 9.30 Å². The molecule has 1 atom stereocenters. The first-order chi connectivity index (χ1) is 7.59. The van der Waals surface area contributed by atoms with Gasteiger partial charge in [0.1, 0.15) is 5.82 Å². The summed E-state index contributed by atoms with van der Waals surface area (Å²) in [4.78, 5) is 1.16. The highest BCUT2D eigenvalue weighted by atomic mass is 79.9. The van der Waals surface area contributed by atoms with Crippen LogP contribution >= 0.6 is 59.1 Å². The van der Waals surface area contributed by atoms with E-state index in [2.05, 4.69) is 47.8 Å². The number of alkyl halides is 1. The van der Waals surface area contributed by atoms with Gasteiger partial charge in [-0.25, -0.2) is 4.39 Å². The number of halogens is 4. The standard InChI is InChI=1S/C11H6Br3FS/c12-7-2-1-6(5-9(7)15)10(14)11-8(13)3-4-16-11/h1-5,10H. The number of hydrogen-bond acceptors (Lipinski definition) is 1. The zero-order valence-electron chi connectivity index (χ0n) is 7.88. The summed E-state index contributed by atoms with van der Waals surface area (Å²) in [5, 5.41) is 2.00. The van der Waals surface area contributed by atoms with E-state index in [-0.39, 0.29) is 10.6 Å². The summed E-state index contributed by atoms with van der Waals surface area (Å²) < 4.78 is 14.9. The molecule has 2 rings (SSSR count). The number of rotatable bonds is 2. The molecule has 0 radical (unpaired) electrons. The van der Waals surface area contributed by atoms with Crippen molar-refractivity contribution in [3.05, 3.63) is 54.8 Å². The van der Waals surface area contributed by atoms with Crippen LogP contribution in [0.5, 0.6) is 0 Å². The van der Waals surface area contributed by atoms with Crippen molar-refractivity contribution in [2.45, 2.75) is 4.83 Å². The molecule has 0 fully saturated rings. The van der Waals surface area contributed by atoms with Gasteiger partial charge in [-0.3, -0.25) is 0 Å². The lowest BCUT2D eigenvalue weighted by Gasteiger charge is -2.09. The molecule has 0 amide bonds. The first-order valence-electron chi connectivity index (χ1n) is 4.41. The molecule has 1 aromatic carbocycles. The Kier molecular flexibility index (Phi) is 4.21. The van der Waals surface area contributed by atoms with Crippen LogP contribution in [0.3, 0.4) is 0 Å². The van der Waals surface area contributed by atoms with E-state index in [9.17, 15) is 4.39 Å². The summed E-state index contributed by atoms with van der Waals surface area (Å²) in [6.45, 7) is 0. The van der Waals surface area contributed by atoms with Gasteiger partial charge in [-0.15, -0.1) is 11.3 Å². The number of thiophene rings is 1. The second-order valence-electron chi connectivity index (χ2n) is 3.17. The van der Waals surface area contributed by atoms with Gasteiger partial charge in [0, 0.05) is 9.35 Å². The fourth-order valence-electron chi connectivity index (χ4n) is 1.31. The molecule has 0 N–H and O–H groups in total. The zero-order chi connectivity index (χ0) is 11.7. The summed E-state index contributed by atoms with van der Waals surface area (Å²) in [7, 11) is 0. The van der Waals surface area contributed by atoms with E-state index in [1.165, 1.54) is 6.07 Å². The molecule has 1 aromatic heterocycles. The van der Waals surface area contributed by atoms with Crippen LogP contribution in [0.2, 0.25) is 0 Å². The van der Waals surface area contributed by atoms with Crippen LogP contribution in [0.15, 0.2) is 38.6 Å². The molecule has 0 saturated heterocycles. The molecule has 2 aromatic rings. The average Bonchev–Trinajstić information content (AvgIpc) is 2.67. The predicted molar refractivity (Wildman–Crippen MR) is 76.9 cm³/mol. The van der Waals surface area contributed by atoms with Crippen LogP contribution in [-0.2, 0) is 0 Å². The minimum absolute atomic E-state index is 0.0180. The molecule has 5 heteroatoms. The maximum absolute atomic E-state index is 13.4. The minimum Gasteiger partial charge on any atom is -0.206 e. The van der Waals surface area contributed by atoms with Crippen molar-refractivity contribution >= 4 is 59.1 Å². The second-order valence-corrected chi connectivity index (χ2v) is 6.74. The Morgan fingerprint density at radius 3 is 2.44 bits per heavy atom. The number of benzene rings is 1. The lowest BCUT2D eigenvalue weighted by Crippen LogP contribution is -1.92. The number of hydrogen-bond donors (Lipinski definition) is 0. The third-order valence-electron chi connectivity index (χ3n) is 2.11. The van der Waals surface area contributed by atoms with Crippen molar-refractivity contribution in [3.63, 3.8) is 0 Å². The smallest absolute Gasteiger partial charge is 0.137 e. The van der Waals surface area contributed by atoms with Crippen molar-refractivity contribution in [1.29, 1.82) is 0 Å². The third kappa shape index (κ3) is 2.58.